The van der Waals surface area contributed by atoms with Gasteiger partial charge in [0.15, 0.2) is 0 Å². The lowest BCUT2D eigenvalue weighted by Crippen LogP contribution is -2.17. The van der Waals surface area contributed by atoms with E-state index in [1.807, 2.05) is 19.4 Å². The highest BCUT2D eigenvalue weighted by molar-refractivity contribution is 5.24. The van der Waals surface area contributed by atoms with Crippen molar-refractivity contribution in [2.75, 3.05) is 32.5 Å². The number of hydrogen-bond donors (Lipinski definition) is 1. The van der Waals surface area contributed by atoms with Gasteiger partial charge in [-0.25, -0.2) is 4.98 Å². The van der Waals surface area contributed by atoms with Crippen LogP contribution in [0, 0.1) is 5.92 Å². The number of likely N-dealkylation sites (tertiary alicyclic amines) is 1. The minimum absolute atomic E-state index is 0.779. The molecule has 0 radical (unpaired) electrons. The Hall–Kier alpha value is -1.03. The molecule has 1 aliphatic rings. The second kappa shape index (κ2) is 4.00. The summed E-state index contributed by atoms with van der Waals surface area (Å²) in [5.74, 6) is 1.75. The lowest BCUT2D eigenvalue weighted by Gasteiger charge is -2.13. The van der Waals surface area contributed by atoms with Crippen LogP contribution in [0.4, 0.5) is 5.95 Å². The Morgan fingerprint density at radius 1 is 1.64 bits per heavy atom. The monoisotopic (exact) mass is 194 g/mol. The zero-order valence-corrected chi connectivity index (χ0v) is 8.90. The summed E-state index contributed by atoms with van der Waals surface area (Å²) in [5, 5.41) is 3.10. The Bertz CT molecular complexity index is 294. The summed E-state index contributed by atoms with van der Waals surface area (Å²) in [7, 11) is 4.10. The first-order valence-corrected chi connectivity index (χ1v) is 5.17. The molecule has 1 aromatic rings. The van der Waals surface area contributed by atoms with Gasteiger partial charge in [-0.1, -0.05) is 0 Å². The van der Waals surface area contributed by atoms with Crippen LogP contribution in [0.3, 0.4) is 0 Å². The lowest BCUT2D eigenvalue weighted by atomic mass is 10.1. The topological polar surface area (TPSA) is 33.1 Å². The van der Waals surface area contributed by atoms with Crippen molar-refractivity contribution in [1.29, 1.82) is 0 Å². The van der Waals surface area contributed by atoms with Crippen LogP contribution >= 0.6 is 0 Å². The van der Waals surface area contributed by atoms with Crippen LogP contribution in [-0.4, -0.2) is 41.6 Å². The van der Waals surface area contributed by atoms with Gasteiger partial charge in [-0.05, 0) is 25.9 Å². The molecule has 0 aliphatic carbocycles. The molecule has 2 heterocycles. The van der Waals surface area contributed by atoms with Crippen LogP contribution in [-0.2, 0) is 6.54 Å². The van der Waals surface area contributed by atoms with Gasteiger partial charge in [-0.15, -0.1) is 0 Å². The van der Waals surface area contributed by atoms with E-state index in [4.69, 9.17) is 0 Å². The van der Waals surface area contributed by atoms with Crippen molar-refractivity contribution < 1.29 is 0 Å². The van der Waals surface area contributed by atoms with E-state index < -0.39 is 0 Å². The Morgan fingerprint density at radius 2 is 2.50 bits per heavy atom. The molecule has 0 spiro atoms. The predicted molar refractivity (Wildman–Crippen MR) is 57.4 cm³/mol. The van der Waals surface area contributed by atoms with Crippen molar-refractivity contribution in [3.63, 3.8) is 0 Å². The molecule has 1 aliphatic heterocycles. The molecule has 1 fully saturated rings. The summed E-state index contributed by atoms with van der Waals surface area (Å²) in [4.78, 5) is 6.62. The molecule has 0 bridgehead atoms. The van der Waals surface area contributed by atoms with E-state index in [2.05, 4.69) is 26.8 Å². The van der Waals surface area contributed by atoms with Gasteiger partial charge in [0.25, 0.3) is 0 Å². The van der Waals surface area contributed by atoms with Crippen LogP contribution in [0.25, 0.3) is 0 Å². The molecule has 0 amide bonds. The smallest absolute Gasteiger partial charge is 0.202 e. The van der Waals surface area contributed by atoms with Crippen molar-refractivity contribution in [2.24, 2.45) is 5.92 Å². The number of anilines is 1. The summed E-state index contributed by atoms with van der Waals surface area (Å²) >= 11 is 0. The van der Waals surface area contributed by atoms with Gasteiger partial charge in [-0.2, -0.15) is 0 Å². The van der Waals surface area contributed by atoms with Gasteiger partial charge < -0.3 is 14.8 Å². The maximum atomic E-state index is 4.23. The third-order valence-electron chi connectivity index (χ3n) is 2.88. The maximum absolute atomic E-state index is 4.23. The normalized spacial score (nSPS) is 22.9. The Morgan fingerprint density at radius 3 is 3.14 bits per heavy atom. The number of aromatic nitrogens is 2. The van der Waals surface area contributed by atoms with Crippen molar-refractivity contribution in [1.82, 2.24) is 14.5 Å². The number of nitrogens with zero attached hydrogens (tertiary/aromatic N) is 3. The highest BCUT2D eigenvalue weighted by Crippen LogP contribution is 2.18. The highest BCUT2D eigenvalue weighted by atomic mass is 15.2. The van der Waals surface area contributed by atoms with Gasteiger partial charge in [0, 0.05) is 32.5 Å². The van der Waals surface area contributed by atoms with E-state index in [0.29, 0.717) is 0 Å². The Kier molecular flexibility index (Phi) is 2.72. The Labute approximate surface area is 84.9 Å². The molecule has 1 N–H and O–H groups in total. The van der Waals surface area contributed by atoms with Gasteiger partial charge in [0.1, 0.15) is 0 Å². The molecular formula is C10H18N4. The maximum Gasteiger partial charge on any atom is 0.202 e. The molecule has 4 nitrogen and oxygen atoms in total. The van der Waals surface area contributed by atoms with Crippen molar-refractivity contribution in [3.05, 3.63) is 12.4 Å². The largest absolute Gasteiger partial charge is 0.359 e. The van der Waals surface area contributed by atoms with Crippen molar-refractivity contribution in [3.8, 4) is 0 Å². The van der Waals surface area contributed by atoms with Gasteiger partial charge in [0.05, 0.1) is 0 Å². The van der Waals surface area contributed by atoms with Crippen LogP contribution in [0.5, 0.6) is 0 Å². The number of rotatable bonds is 3. The summed E-state index contributed by atoms with van der Waals surface area (Å²) in [6.45, 7) is 3.52. The molecule has 1 unspecified atom stereocenters. The zero-order valence-electron chi connectivity index (χ0n) is 8.90. The molecular weight excluding hydrogens is 176 g/mol. The molecule has 14 heavy (non-hydrogen) atoms. The second-order valence-electron chi connectivity index (χ2n) is 4.07. The minimum atomic E-state index is 0.779. The van der Waals surface area contributed by atoms with Crippen LogP contribution in [0.1, 0.15) is 6.42 Å². The SMILES string of the molecule is CNc1nccn1CC1CCN(C)C1. The summed E-state index contributed by atoms with van der Waals surface area (Å²) in [6, 6.07) is 0. The predicted octanol–water partition coefficient (Wildman–Crippen LogP) is 0.876. The summed E-state index contributed by atoms with van der Waals surface area (Å²) in [6.07, 6.45) is 5.20. The second-order valence-corrected chi connectivity index (χ2v) is 4.07. The van der Waals surface area contributed by atoms with E-state index >= 15 is 0 Å². The summed E-state index contributed by atoms with van der Waals surface area (Å²) in [5.41, 5.74) is 0. The number of hydrogen-bond acceptors (Lipinski definition) is 3. The molecule has 78 valence electrons. The highest BCUT2D eigenvalue weighted by Gasteiger charge is 2.20. The van der Waals surface area contributed by atoms with Crippen LogP contribution in [0.15, 0.2) is 12.4 Å². The van der Waals surface area contributed by atoms with Crippen LogP contribution < -0.4 is 5.32 Å². The first-order chi connectivity index (χ1) is 6.79. The quantitative estimate of drug-likeness (QED) is 0.775. The number of nitrogens with one attached hydrogen (secondary N) is 1. The minimum Gasteiger partial charge on any atom is -0.359 e. The van der Waals surface area contributed by atoms with E-state index in [9.17, 15) is 0 Å². The molecule has 4 heteroatoms. The van der Waals surface area contributed by atoms with Gasteiger partial charge in [-0.3, -0.25) is 0 Å². The van der Waals surface area contributed by atoms with Gasteiger partial charge >= 0.3 is 0 Å². The molecule has 1 aromatic heterocycles. The van der Waals surface area contributed by atoms with E-state index in [-0.39, 0.29) is 0 Å². The van der Waals surface area contributed by atoms with E-state index in [1.54, 1.807) is 0 Å². The molecule has 1 atom stereocenters. The fraction of sp³-hybridized carbons (Fsp3) is 0.700. The van der Waals surface area contributed by atoms with Crippen molar-refractivity contribution >= 4 is 5.95 Å². The van der Waals surface area contributed by atoms with Crippen LogP contribution in [0.2, 0.25) is 0 Å². The van der Waals surface area contributed by atoms with Crippen molar-refractivity contribution in [2.45, 2.75) is 13.0 Å². The zero-order chi connectivity index (χ0) is 9.97. The number of imidazole rings is 1. The summed E-state index contributed by atoms with van der Waals surface area (Å²) < 4.78 is 2.20. The average molecular weight is 194 g/mol. The molecule has 0 aromatic carbocycles. The third kappa shape index (κ3) is 1.90. The average Bonchev–Trinajstić information content (AvgIpc) is 2.76. The first-order valence-electron chi connectivity index (χ1n) is 5.17. The van der Waals surface area contributed by atoms with E-state index in [1.165, 1.54) is 19.5 Å². The standard InChI is InChI=1S/C10H18N4/c1-11-10-12-4-6-14(10)8-9-3-5-13(2)7-9/h4,6,9H,3,5,7-8H2,1-2H3,(H,11,12). The third-order valence-corrected chi connectivity index (χ3v) is 2.88. The lowest BCUT2D eigenvalue weighted by molar-refractivity contribution is 0.379. The fourth-order valence-electron chi connectivity index (χ4n) is 2.14. The fourth-order valence-corrected chi connectivity index (χ4v) is 2.14. The molecule has 1 saturated heterocycles. The van der Waals surface area contributed by atoms with Gasteiger partial charge in [0.2, 0.25) is 5.95 Å². The molecule has 2 rings (SSSR count). The Balaban J connectivity index is 1.97. The first kappa shape index (κ1) is 9.52. The molecule has 0 saturated carbocycles. The van der Waals surface area contributed by atoms with E-state index in [0.717, 1.165) is 18.4 Å².